The van der Waals surface area contributed by atoms with Gasteiger partial charge in [0.1, 0.15) is 5.82 Å². The molecule has 31 heavy (non-hydrogen) atoms. The highest BCUT2D eigenvalue weighted by molar-refractivity contribution is 7.98. The van der Waals surface area contributed by atoms with Gasteiger partial charge >= 0.3 is 0 Å². The summed E-state index contributed by atoms with van der Waals surface area (Å²) >= 11 is 6.96. The number of nitrogens with one attached hydrogen (secondary N) is 1. The predicted molar refractivity (Wildman–Crippen MR) is 110 cm³/mol. The van der Waals surface area contributed by atoms with Gasteiger partial charge in [-0.2, -0.15) is 4.98 Å². The Morgan fingerprint density at radius 1 is 1.26 bits per heavy atom. The van der Waals surface area contributed by atoms with E-state index in [1.807, 2.05) is 6.07 Å². The van der Waals surface area contributed by atoms with Crippen LogP contribution >= 0.6 is 23.4 Å². The van der Waals surface area contributed by atoms with E-state index in [0.717, 1.165) is 5.56 Å². The van der Waals surface area contributed by atoms with Crippen molar-refractivity contribution in [1.82, 2.24) is 25.3 Å². The number of anilines is 1. The Labute approximate surface area is 184 Å². The SMILES string of the molecule is O=C(CCc1nc(CSc2nnc(-c3cccnc3)o2)no1)Nc1ccc(F)c(Cl)c1. The summed E-state index contributed by atoms with van der Waals surface area (Å²) in [5.74, 6) is 0.655. The summed E-state index contributed by atoms with van der Waals surface area (Å²) in [6.45, 7) is 0. The zero-order valence-corrected chi connectivity index (χ0v) is 17.4. The van der Waals surface area contributed by atoms with Crippen molar-refractivity contribution in [2.75, 3.05) is 5.32 Å². The quantitative estimate of drug-likeness (QED) is 0.386. The van der Waals surface area contributed by atoms with Gasteiger partial charge in [-0.25, -0.2) is 4.39 Å². The molecule has 9 nitrogen and oxygen atoms in total. The average molecular weight is 461 g/mol. The van der Waals surface area contributed by atoms with E-state index in [1.165, 1.54) is 30.0 Å². The number of thioether (sulfide) groups is 1. The number of carbonyl (C=O) groups excluding carboxylic acids is 1. The Morgan fingerprint density at radius 2 is 2.16 bits per heavy atom. The minimum absolute atomic E-state index is 0.0642. The van der Waals surface area contributed by atoms with E-state index in [0.29, 0.717) is 34.3 Å². The van der Waals surface area contributed by atoms with E-state index < -0.39 is 5.82 Å². The van der Waals surface area contributed by atoms with Crippen molar-refractivity contribution in [3.8, 4) is 11.5 Å². The van der Waals surface area contributed by atoms with Crippen molar-refractivity contribution in [1.29, 1.82) is 0 Å². The molecule has 0 atom stereocenters. The van der Waals surface area contributed by atoms with Crippen molar-refractivity contribution >= 4 is 35.0 Å². The highest BCUT2D eigenvalue weighted by atomic mass is 35.5. The Kier molecular flexibility index (Phi) is 6.53. The molecule has 0 saturated carbocycles. The summed E-state index contributed by atoms with van der Waals surface area (Å²) in [6.07, 6.45) is 3.66. The molecule has 0 aliphatic rings. The Bertz CT molecular complexity index is 1190. The van der Waals surface area contributed by atoms with Crippen molar-refractivity contribution in [3.05, 3.63) is 65.3 Å². The minimum Gasteiger partial charge on any atom is -0.411 e. The lowest BCUT2D eigenvalue weighted by molar-refractivity contribution is -0.116. The largest absolute Gasteiger partial charge is 0.411 e. The number of aryl methyl sites for hydroxylation is 1. The van der Waals surface area contributed by atoms with Gasteiger partial charge < -0.3 is 14.3 Å². The molecule has 158 valence electrons. The smallest absolute Gasteiger partial charge is 0.277 e. The number of nitrogens with zero attached hydrogens (tertiary/aromatic N) is 5. The maximum atomic E-state index is 13.2. The summed E-state index contributed by atoms with van der Waals surface area (Å²) < 4.78 is 23.9. The summed E-state index contributed by atoms with van der Waals surface area (Å²) in [6, 6.07) is 7.55. The Hall–Kier alpha value is -3.31. The second-order valence-corrected chi connectivity index (χ2v) is 7.52. The van der Waals surface area contributed by atoms with Crippen LogP contribution in [0.1, 0.15) is 18.1 Å². The molecular formula is C19H14ClFN6O3S. The molecule has 1 aromatic carbocycles. The van der Waals surface area contributed by atoms with Gasteiger partial charge in [-0.1, -0.05) is 28.5 Å². The molecule has 1 amide bonds. The summed E-state index contributed by atoms with van der Waals surface area (Å²) in [4.78, 5) is 20.3. The number of amides is 1. The van der Waals surface area contributed by atoms with Gasteiger partial charge in [0, 0.05) is 30.9 Å². The number of hydrogen-bond donors (Lipinski definition) is 1. The van der Waals surface area contributed by atoms with Gasteiger partial charge in [0.15, 0.2) is 5.82 Å². The first-order chi connectivity index (χ1) is 15.1. The third-order valence-corrected chi connectivity index (χ3v) is 5.02. The maximum absolute atomic E-state index is 13.2. The zero-order valence-electron chi connectivity index (χ0n) is 15.8. The molecule has 0 aliphatic heterocycles. The minimum atomic E-state index is -0.551. The van der Waals surface area contributed by atoms with Crippen molar-refractivity contribution in [2.45, 2.75) is 23.8 Å². The lowest BCUT2D eigenvalue weighted by atomic mass is 10.2. The van der Waals surface area contributed by atoms with E-state index in [4.69, 9.17) is 20.5 Å². The lowest BCUT2D eigenvalue weighted by Gasteiger charge is -2.04. The molecule has 0 saturated heterocycles. The second kappa shape index (κ2) is 9.67. The fourth-order valence-electron chi connectivity index (χ4n) is 2.47. The predicted octanol–water partition coefficient (Wildman–Crippen LogP) is 4.17. The fourth-order valence-corrected chi connectivity index (χ4v) is 3.26. The number of halogens is 2. The highest BCUT2D eigenvalue weighted by Gasteiger charge is 2.13. The van der Waals surface area contributed by atoms with Crippen LogP contribution in [0.15, 0.2) is 56.9 Å². The third kappa shape index (κ3) is 5.64. The van der Waals surface area contributed by atoms with Gasteiger partial charge in [-0.3, -0.25) is 9.78 Å². The van der Waals surface area contributed by atoms with Crippen LogP contribution in [0.4, 0.5) is 10.1 Å². The monoisotopic (exact) mass is 460 g/mol. The van der Waals surface area contributed by atoms with Crippen LogP contribution in [0.2, 0.25) is 5.02 Å². The number of rotatable bonds is 8. The third-order valence-electron chi connectivity index (χ3n) is 3.92. The normalized spacial score (nSPS) is 10.9. The van der Waals surface area contributed by atoms with Crippen LogP contribution in [0.5, 0.6) is 0 Å². The number of benzene rings is 1. The van der Waals surface area contributed by atoms with E-state index in [9.17, 15) is 9.18 Å². The van der Waals surface area contributed by atoms with E-state index >= 15 is 0 Å². The molecule has 4 aromatic rings. The fraction of sp³-hybridized carbons (Fsp3) is 0.158. The van der Waals surface area contributed by atoms with Crippen LogP contribution in [0.3, 0.4) is 0 Å². The topological polar surface area (TPSA) is 120 Å². The van der Waals surface area contributed by atoms with Gasteiger partial charge in [0.25, 0.3) is 5.22 Å². The van der Waals surface area contributed by atoms with E-state index in [2.05, 4.69) is 30.6 Å². The van der Waals surface area contributed by atoms with Gasteiger partial charge in [0.05, 0.1) is 16.3 Å². The number of carbonyl (C=O) groups is 1. The van der Waals surface area contributed by atoms with Gasteiger partial charge in [-0.05, 0) is 30.3 Å². The molecule has 3 heterocycles. The standard InChI is InChI=1S/C19H14ClFN6O3S/c20-13-8-12(3-4-14(13)21)23-16(28)5-6-17-24-15(27-30-17)10-31-19-26-25-18(29-19)11-2-1-7-22-9-11/h1-4,7-9H,5-6,10H2,(H,23,28). The molecule has 0 bridgehead atoms. The maximum Gasteiger partial charge on any atom is 0.277 e. The van der Waals surface area contributed by atoms with Crippen molar-refractivity contribution in [2.24, 2.45) is 0 Å². The first kappa shape index (κ1) is 20.9. The molecule has 0 unspecified atom stereocenters. The van der Waals surface area contributed by atoms with Crippen LogP contribution in [0.25, 0.3) is 11.5 Å². The molecule has 4 rings (SSSR count). The van der Waals surface area contributed by atoms with Crippen LogP contribution in [0, 0.1) is 5.82 Å². The van der Waals surface area contributed by atoms with Crippen LogP contribution < -0.4 is 5.32 Å². The number of pyridine rings is 1. The second-order valence-electron chi connectivity index (χ2n) is 6.18. The first-order valence-corrected chi connectivity index (χ1v) is 10.4. The molecule has 3 aromatic heterocycles. The first-order valence-electron chi connectivity index (χ1n) is 9.00. The molecule has 12 heteroatoms. The van der Waals surface area contributed by atoms with Crippen LogP contribution in [-0.4, -0.2) is 31.2 Å². The van der Waals surface area contributed by atoms with Gasteiger partial charge in [-0.15, -0.1) is 10.2 Å². The number of hydrogen-bond acceptors (Lipinski definition) is 9. The molecule has 0 spiro atoms. The van der Waals surface area contributed by atoms with Crippen molar-refractivity contribution < 1.29 is 18.1 Å². The van der Waals surface area contributed by atoms with E-state index in [-0.39, 0.29) is 23.8 Å². The Morgan fingerprint density at radius 3 is 2.97 bits per heavy atom. The molecule has 0 radical (unpaired) electrons. The lowest BCUT2D eigenvalue weighted by Crippen LogP contribution is -2.12. The molecule has 0 aliphatic carbocycles. The summed E-state index contributed by atoms with van der Waals surface area (Å²) in [7, 11) is 0. The number of aromatic nitrogens is 5. The highest BCUT2D eigenvalue weighted by Crippen LogP contribution is 2.24. The van der Waals surface area contributed by atoms with Crippen LogP contribution in [-0.2, 0) is 17.0 Å². The average Bonchev–Trinajstić information content (AvgIpc) is 3.44. The Balaban J connectivity index is 1.25. The molecule has 0 fully saturated rings. The summed E-state index contributed by atoms with van der Waals surface area (Å²) in [5, 5.41) is 14.8. The molecule has 1 N–H and O–H groups in total. The zero-order chi connectivity index (χ0) is 21.6. The van der Waals surface area contributed by atoms with Gasteiger partial charge in [0.2, 0.25) is 17.7 Å². The van der Waals surface area contributed by atoms with E-state index in [1.54, 1.807) is 18.5 Å². The summed E-state index contributed by atoms with van der Waals surface area (Å²) in [5.41, 5.74) is 1.13. The van der Waals surface area contributed by atoms with Crippen molar-refractivity contribution in [3.63, 3.8) is 0 Å². The molecular weight excluding hydrogens is 447 g/mol.